The lowest BCUT2D eigenvalue weighted by atomic mass is 10.0. The SMILES string of the molecule is COc1ncnc2c1c(/C=C/C(=O)N1CCc3c(nc(CC4CC4)nc3C(F)(F)F)C1)c(P)n2C. The lowest BCUT2D eigenvalue weighted by Gasteiger charge is -2.29. The summed E-state index contributed by atoms with van der Waals surface area (Å²) in [6.07, 6.45) is 2.39. The van der Waals surface area contributed by atoms with Gasteiger partial charge in [-0.3, -0.25) is 4.79 Å². The van der Waals surface area contributed by atoms with E-state index in [1.807, 2.05) is 11.6 Å². The van der Waals surface area contributed by atoms with Crippen molar-refractivity contribution in [1.29, 1.82) is 0 Å². The van der Waals surface area contributed by atoms with Gasteiger partial charge in [-0.25, -0.2) is 19.9 Å². The van der Waals surface area contributed by atoms with Crippen molar-refractivity contribution in [2.45, 2.75) is 38.4 Å². The Kier molecular flexibility index (Phi) is 5.99. The normalized spacial score (nSPS) is 16.2. The number of carbonyl (C=O) groups excluding carboxylic acids is 1. The molecular formula is C23H24F3N6O2P. The van der Waals surface area contributed by atoms with Crippen LogP contribution in [0.15, 0.2) is 12.4 Å². The molecule has 2 aliphatic rings. The number of halogens is 3. The van der Waals surface area contributed by atoms with E-state index in [0.717, 1.165) is 18.3 Å². The Labute approximate surface area is 201 Å². The van der Waals surface area contributed by atoms with Gasteiger partial charge in [-0.15, -0.1) is 0 Å². The van der Waals surface area contributed by atoms with Crippen LogP contribution in [0.1, 0.15) is 41.2 Å². The molecule has 1 aliphatic carbocycles. The van der Waals surface area contributed by atoms with Crippen LogP contribution in [0.2, 0.25) is 0 Å². The van der Waals surface area contributed by atoms with E-state index in [-0.39, 0.29) is 42.5 Å². The van der Waals surface area contributed by atoms with Crippen molar-refractivity contribution in [2.24, 2.45) is 13.0 Å². The summed E-state index contributed by atoms with van der Waals surface area (Å²) in [4.78, 5) is 31.3. The number of amides is 1. The fraction of sp³-hybridized carbons (Fsp3) is 0.435. The van der Waals surface area contributed by atoms with E-state index in [1.54, 1.807) is 6.08 Å². The number of ether oxygens (including phenoxy) is 1. The third-order valence-corrected chi connectivity index (χ3v) is 7.16. The molecule has 1 saturated carbocycles. The van der Waals surface area contributed by atoms with Crippen molar-refractivity contribution in [3.8, 4) is 5.88 Å². The quantitative estimate of drug-likeness (QED) is 0.393. The first-order valence-electron chi connectivity index (χ1n) is 11.2. The largest absolute Gasteiger partial charge is 0.480 e. The van der Waals surface area contributed by atoms with Crippen LogP contribution in [0.25, 0.3) is 17.1 Å². The number of aromatic nitrogens is 5. The summed E-state index contributed by atoms with van der Waals surface area (Å²) in [7, 11) is 5.97. The number of methoxy groups -OCH3 is 1. The smallest absolute Gasteiger partial charge is 0.433 e. The second-order valence-corrected chi connectivity index (χ2v) is 9.39. The predicted octanol–water partition coefficient (Wildman–Crippen LogP) is 2.84. The summed E-state index contributed by atoms with van der Waals surface area (Å²) in [6, 6.07) is 0. The predicted molar refractivity (Wildman–Crippen MR) is 126 cm³/mol. The zero-order valence-electron chi connectivity index (χ0n) is 19.3. The first-order chi connectivity index (χ1) is 16.7. The molecule has 1 unspecified atom stereocenters. The van der Waals surface area contributed by atoms with E-state index < -0.39 is 11.9 Å². The highest BCUT2D eigenvalue weighted by atomic mass is 31.0. The second kappa shape index (κ2) is 8.86. The molecule has 0 bridgehead atoms. The summed E-state index contributed by atoms with van der Waals surface area (Å²) < 4.78 is 48.3. The molecule has 3 aromatic rings. The fourth-order valence-electron chi connectivity index (χ4n) is 4.43. The summed E-state index contributed by atoms with van der Waals surface area (Å²) >= 11 is 0. The van der Waals surface area contributed by atoms with Gasteiger partial charge < -0.3 is 14.2 Å². The highest BCUT2D eigenvalue weighted by Crippen LogP contribution is 2.36. The summed E-state index contributed by atoms with van der Waals surface area (Å²) in [5.74, 6) is 0.627. The number of hydrogen-bond acceptors (Lipinski definition) is 6. The lowest BCUT2D eigenvalue weighted by molar-refractivity contribution is -0.142. The molecule has 3 aromatic heterocycles. The summed E-state index contributed by atoms with van der Waals surface area (Å²) in [6.45, 7) is 0.164. The average molecular weight is 504 g/mol. The lowest BCUT2D eigenvalue weighted by Crippen LogP contribution is -2.37. The topological polar surface area (TPSA) is 86.0 Å². The van der Waals surface area contributed by atoms with E-state index in [4.69, 9.17) is 4.74 Å². The minimum atomic E-state index is -4.55. The highest BCUT2D eigenvalue weighted by molar-refractivity contribution is 7.27. The first kappa shape index (κ1) is 23.7. The minimum absolute atomic E-state index is 0.0114. The average Bonchev–Trinajstić information content (AvgIpc) is 3.61. The molecule has 4 heterocycles. The second-order valence-electron chi connectivity index (χ2n) is 8.84. The van der Waals surface area contributed by atoms with Gasteiger partial charge in [0.2, 0.25) is 11.8 Å². The Bertz CT molecular complexity index is 1350. The first-order valence-corrected chi connectivity index (χ1v) is 11.8. The van der Waals surface area contributed by atoms with Crippen molar-refractivity contribution < 1.29 is 22.7 Å². The van der Waals surface area contributed by atoms with Crippen LogP contribution in [-0.4, -0.2) is 49.0 Å². The zero-order valence-corrected chi connectivity index (χ0v) is 20.4. The maximum absolute atomic E-state index is 13.7. The molecule has 35 heavy (non-hydrogen) atoms. The number of fused-ring (bicyclic) bond motifs is 2. The van der Waals surface area contributed by atoms with Crippen molar-refractivity contribution in [2.75, 3.05) is 13.7 Å². The summed E-state index contributed by atoms with van der Waals surface area (Å²) in [5, 5.41) is 0.669. The van der Waals surface area contributed by atoms with Gasteiger partial charge in [-0.1, -0.05) is 9.24 Å². The Morgan fingerprint density at radius 3 is 2.74 bits per heavy atom. The van der Waals surface area contributed by atoms with Gasteiger partial charge in [0.1, 0.15) is 17.8 Å². The molecule has 0 radical (unpaired) electrons. The van der Waals surface area contributed by atoms with E-state index in [9.17, 15) is 18.0 Å². The Balaban J connectivity index is 1.43. The molecule has 5 rings (SSSR count). The Morgan fingerprint density at radius 1 is 1.29 bits per heavy atom. The standard InChI is InChI=1S/C23H24F3N6O2P/c1-31-20-18(21(34-2)28-11-27-20)14(22(31)35)5-6-17(33)32-8-7-13-15(10-32)29-16(9-12-3-4-12)30-19(13)23(24,25)26/h5-6,11-12H,3-4,7-10,35H2,1-2H3/b6-5+. The summed E-state index contributed by atoms with van der Waals surface area (Å²) in [5.41, 5.74) is 1.66. The van der Waals surface area contributed by atoms with Crippen LogP contribution in [0.5, 0.6) is 5.88 Å². The zero-order chi connectivity index (χ0) is 24.9. The maximum Gasteiger partial charge on any atom is 0.433 e. The van der Waals surface area contributed by atoms with Crippen molar-refractivity contribution in [3.63, 3.8) is 0 Å². The van der Waals surface area contributed by atoms with E-state index >= 15 is 0 Å². The number of hydrogen-bond donors (Lipinski definition) is 0. The van der Waals surface area contributed by atoms with Gasteiger partial charge in [-0.05, 0) is 31.3 Å². The molecule has 1 fully saturated rings. The number of rotatable bonds is 5. The molecule has 12 heteroatoms. The van der Waals surface area contributed by atoms with Crippen LogP contribution in [0, 0.1) is 5.92 Å². The Hall–Kier alpha value is -3.07. The van der Waals surface area contributed by atoms with E-state index in [0.29, 0.717) is 34.8 Å². The molecule has 1 aliphatic heterocycles. The third-order valence-electron chi connectivity index (χ3n) is 6.46. The van der Waals surface area contributed by atoms with Gasteiger partial charge in [0.05, 0.1) is 24.7 Å². The molecular weight excluding hydrogens is 480 g/mol. The number of aryl methyl sites for hydroxylation is 1. The monoisotopic (exact) mass is 504 g/mol. The van der Waals surface area contributed by atoms with Gasteiger partial charge >= 0.3 is 6.18 Å². The number of nitrogens with zero attached hydrogens (tertiary/aromatic N) is 6. The van der Waals surface area contributed by atoms with Crippen molar-refractivity contribution in [1.82, 2.24) is 29.4 Å². The van der Waals surface area contributed by atoms with E-state index in [1.165, 1.54) is 24.4 Å². The van der Waals surface area contributed by atoms with Crippen LogP contribution < -0.4 is 10.2 Å². The molecule has 1 amide bonds. The highest BCUT2D eigenvalue weighted by Gasteiger charge is 2.39. The van der Waals surface area contributed by atoms with Crippen molar-refractivity contribution in [3.05, 3.63) is 40.7 Å². The molecule has 0 saturated heterocycles. The molecule has 0 spiro atoms. The van der Waals surface area contributed by atoms with Crippen molar-refractivity contribution >= 4 is 37.7 Å². The molecule has 184 valence electrons. The molecule has 1 atom stereocenters. The molecule has 0 aromatic carbocycles. The molecule has 0 N–H and O–H groups in total. The number of alkyl halides is 3. The minimum Gasteiger partial charge on any atom is -0.480 e. The maximum atomic E-state index is 13.7. The van der Waals surface area contributed by atoms with Gasteiger partial charge in [-0.2, -0.15) is 13.2 Å². The van der Waals surface area contributed by atoms with Crippen LogP contribution in [-0.2, 0) is 37.4 Å². The number of carbonyl (C=O) groups is 1. The van der Waals surface area contributed by atoms with Crippen LogP contribution in [0.4, 0.5) is 13.2 Å². The van der Waals surface area contributed by atoms with Gasteiger partial charge in [0, 0.05) is 42.7 Å². The van der Waals surface area contributed by atoms with Gasteiger partial charge in [0.25, 0.3) is 0 Å². The van der Waals surface area contributed by atoms with E-state index in [2.05, 4.69) is 29.2 Å². The Morgan fingerprint density at radius 2 is 2.06 bits per heavy atom. The third kappa shape index (κ3) is 4.49. The fourth-order valence-corrected chi connectivity index (χ4v) is 4.80. The van der Waals surface area contributed by atoms with Crippen LogP contribution in [0.3, 0.4) is 0 Å². The molecule has 8 nitrogen and oxygen atoms in total. The van der Waals surface area contributed by atoms with Crippen LogP contribution >= 0.6 is 9.24 Å². The van der Waals surface area contributed by atoms with Gasteiger partial charge in [0.15, 0.2) is 5.69 Å².